The van der Waals surface area contributed by atoms with Crippen LogP contribution < -0.4 is 4.72 Å². The Kier molecular flexibility index (Phi) is 4.21. The van der Waals surface area contributed by atoms with Crippen LogP contribution in [0.3, 0.4) is 0 Å². The molecule has 0 atom stereocenters. The van der Waals surface area contributed by atoms with Gasteiger partial charge < -0.3 is 10.1 Å². The van der Waals surface area contributed by atoms with Gasteiger partial charge in [-0.25, -0.2) is 12.8 Å². The summed E-state index contributed by atoms with van der Waals surface area (Å²) in [5, 5.41) is 22.8. The quantitative estimate of drug-likeness (QED) is 0.627. The number of aliphatic hydroxyl groups is 1. The van der Waals surface area contributed by atoms with E-state index in [-0.39, 0.29) is 33.6 Å². The van der Waals surface area contributed by atoms with Crippen LogP contribution in [0.1, 0.15) is 19.4 Å². The summed E-state index contributed by atoms with van der Waals surface area (Å²) in [5.41, 5.74) is -0.689. The lowest BCUT2D eigenvalue weighted by molar-refractivity contribution is 0.0577. The summed E-state index contributed by atoms with van der Waals surface area (Å²) in [6.07, 6.45) is 3.76. The molecule has 0 aliphatic carbocycles. The summed E-state index contributed by atoms with van der Waals surface area (Å²) in [5.74, 6) is -0.626. The van der Waals surface area contributed by atoms with Gasteiger partial charge >= 0.3 is 0 Å². The van der Waals surface area contributed by atoms with Gasteiger partial charge in [-0.15, -0.1) is 0 Å². The predicted octanol–water partition coefficient (Wildman–Crippen LogP) is 1.95. The molecular formula is C16H16FN5O3S. The first-order chi connectivity index (χ1) is 12.1. The van der Waals surface area contributed by atoms with Gasteiger partial charge in [-0.1, -0.05) is 0 Å². The largest absolute Gasteiger partial charge is 0.389 e. The number of nitrogens with zero attached hydrogens (tertiary/aromatic N) is 3. The highest BCUT2D eigenvalue weighted by molar-refractivity contribution is 7.92. The van der Waals surface area contributed by atoms with E-state index in [0.29, 0.717) is 0 Å². The molecule has 0 fully saturated rings. The van der Waals surface area contributed by atoms with Crippen LogP contribution in [0.4, 0.5) is 10.1 Å². The van der Waals surface area contributed by atoms with Gasteiger partial charge in [0, 0.05) is 12.4 Å². The van der Waals surface area contributed by atoms with Gasteiger partial charge in [-0.3, -0.25) is 9.40 Å². The highest BCUT2D eigenvalue weighted by Gasteiger charge is 2.22. The van der Waals surface area contributed by atoms with E-state index in [1.165, 1.54) is 23.1 Å². The minimum absolute atomic E-state index is 0.0189. The second-order valence-corrected chi connectivity index (χ2v) is 8.13. The number of aromatic amines is 1. The zero-order valence-electron chi connectivity index (χ0n) is 14.0. The average molecular weight is 377 g/mol. The van der Waals surface area contributed by atoms with Gasteiger partial charge in [0.1, 0.15) is 16.8 Å². The Hall–Kier alpha value is -2.90. The molecule has 0 spiro atoms. The monoisotopic (exact) mass is 377 g/mol. The fraction of sp³-hybridized carbons (Fsp3) is 0.250. The first kappa shape index (κ1) is 17.9. The van der Waals surface area contributed by atoms with Gasteiger partial charge in [-0.2, -0.15) is 10.4 Å². The van der Waals surface area contributed by atoms with E-state index >= 15 is 0 Å². The third-order valence-corrected chi connectivity index (χ3v) is 4.94. The maximum atomic E-state index is 14.0. The van der Waals surface area contributed by atoms with E-state index in [2.05, 4.69) is 14.8 Å². The molecule has 2 heterocycles. The number of halogens is 1. The molecule has 0 radical (unpaired) electrons. The smallest absolute Gasteiger partial charge is 0.265 e. The van der Waals surface area contributed by atoms with Gasteiger partial charge in [-0.05, 0) is 26.0 Å². The molecule has 3 aromatic rings. The van der Waals surface area contributed by atoms with Crippen molar-refractivity contribution < 1.29 is 17.9 Å². The molecule has 0 unspecified atom stereocenters. The van der Waals surface area contributed by atoms with Crippen molar-refractivity contribution in [2.45, 2.75) is 30.9 Å². The number of rotatable bonds is 5. The molecule has 0 amide bonds. The minimum Gasteiger partial charge on any atom is -0.389 e. The summed E-state index contributed by atoms with van der Waals surface area (Å²) in [4.78, 5) is 2.61. The molecule has 1 aromatic carbocycles. The molecule has 26 heavy (non-hydrogen) atoms. The number of anilines is 1. The van der Waals surface area contributed by atoms with Gasteiger partial charge in [0.05, 0.1) is 40.5 Å². The number of nitriles is 1. The Balaban J connectivity index is 1.96. The first-order valence-electron chi connectivity index (χ1n) is 7.58. The number of fused-ring (bicyclic) bond motifs is 1. The van der Waals surface area contributed by atoms with E-state index in [0.717, 1.165) is 12.3 Å². The highest BCUT2D eigenvalue weighted by Crippen LogP contribution is 2.29. The molecule has 2 aromatic heterocycles. The van der Waals surface area contributed by atoms with Crippen LogP contribution in [0.15, 0.2) is 35.6 Å². The van der Waals surface area contributed by atoms with Crippen molar-refractivity contribution in [3.05, 3.63) is 42.1 Å². The van der Waals surface area contributed by atoms with Crippen LogP contribution in [0.2, 0.25) is 0 Å². The maximum absolute atomic E-state index is 14.0. The second-order valence-electron chi connectivity index (χ2n) is 6.45. The lowest BCUT2D eigenvalue weighted by Gasteiger charge is -2.16. The molecule has 0 aliphatic rings. The number of hydrogen-bond acceptors (Lipinski definition) is 5. The predicted molar refractivity (Wildman–Crippen MR) is 92.3 cm³/mol. The third-order valence-electron chi connectivity index (χ3n) is 3.62. The summed E-state index contributed by atoms with van der Waals surface area (Å²) in [6, 6.07) is 4.21. The summed E-state index contributed by atoms with van der Waals surface area (Å²) < 4.78 is 42.8. The Morgan fingerprint density at radius 3 is 2.85 bits per heavy atom. The van der Waals surface area contributed by atoms with Crippen molar-refractivity contribution in [3.8, 4) is 6.07 Å². The standard InChI is InChI=1S/C16H16FN5O3S/c1-16(2,23)9-22-8-11(7-20-22)26(24,25)21-13-4-3-12(17)14-10(5-18)6-19-15(13)14/h3-4,6-8,19,21,23H,9H2,1-2H3. The molecule has 10 heteroatoms. The van der Waals surface area contributed by atoms with E-state index in [4.69, 9.17) is 5.26 Å². The Morgan fingerprint density at radius 1 is 1.46 bits per heavy atom. The third kappa shape index (κ3) is 3.40. The molecule has 3 N–H and O–H groups in total. The van der Waals surface area contributed by atoms with Crippen molar-refractivity contribution in [3.63, 3.8) is 0 Å². The SMILES string of the molecule is CC(C)(O)Cn1cc(S(=O)(=O)Nc2ccc(F)c3c(C#N)c[nH]c23)cn1. The van der Waals surface area contributed by atoms with Gasteiger partial charge in [0.25, 0.3) is 10.0 Å². The molecule has 0 bridgehead atoms. The Morgan fingerprint density at radius 2 is 2.19 bits per heavy atom. The van der Waals surface area contributed by atoms with Crippen LogP contribution in [-0.4, -0.2) is 33.9 Å². The van der Waals surface area contributed by atoms with Crippen LogP contribution in [0.25, 0.3) is 10.9 Å². The minimum atomic E-state index is -3.99. The summed E-state index contributed by atoms with van der Waals surface area (Å²) in [7, 11) is -3.99. The van der Waals surface area contributed by atoms with Gasteiger partial charge in [0.2, 0.25) is 0 Å². The van der Waals surface area contributed by atoms with Crippen molar-refractivity contribution in [1.82, 2.24) is 14.8 Å². The first-order valence-corrected chi connectivity index (χ1v) is 9.06. The molecule has 3 rings (SSSR count). The summed E-state index contributed by atoms with van der Waals surface area (Å²) in [6.45, 7) is 3.27. The van der Waals surface area contributed by atoms with Crippen LogP contribution in [0.5, 0.6) is 0 Å². The van der Waals surface area contributed by atoms with E-state index in [1.807, 2.05) is 6.07 Å². The van der Waals surface area contributed by atoms with Crippen molar-refractivity contribution in [2.75, 3.05) is 4.72 Å². The number of aromatic nitrogens is 3. The maximum Gasteiger partial charge on any atom is 0.265 e. The number of H-pyrrole nitrogens is 1. The van der Waals surface area contributed by atoms with Crippen molar-refractivity contribution >= 4 is 26.6 Å². The fourth-order valence-electron chi connectivity index (χ4n) is 2.55. The Labute approximate surface area is 148 Å². The summed E-state index contributed by atoms with van der Waals surface area (Å²) >= 11 is 0. The zero-order valence-corrected chi connectivity index (χ0v) is 14.8. The van der Waals surface area contributed by atoms with E-state index in [1.54, 1.807) is 13.8 Å². The molecular weight excluding hydrogens is 361 g/mol. The normalized spacial score (nSPS) is 12.3. The highest BCUT2D eigenvalue weighted by atomic mass is 32.2. The zero-order chi connectivity index (χ0) is 19.1. The van der Waals surface area contributed by atoms with Gasteiger partial charge in [0.15, 0.2) is 0 Å². The number of benzene rings is 1. The van der Waals surface area contributed by atoms with E-state index < -0.39 is 21.4 Å². The lowest BCUT2D eigenvalue weighted by atomic mass is 10.1. The average Bonchev–Trinajstić information content (AvgIpc) is 3.15. The molecule has 0 aliphatic heterocycles. The van der Waals surface area contributed by atoms with Crippen LogP contribution >= 0.6 is 0 Å². The van der Waals surface area contributed by atoms with Crippen molar-refractivity contribution in [2.24, 2.45) is 0 Å². The fourth-order valence-corrected chi connectivity index (χ4v) is 3.57. The molecule has 8 nitrogen and oxygen atoms in total. The van der Waals surface area contributed by atoms with Crippen LogP contribution in [0, 0.1) is 17.1 Å². The number of nitrogens with one attached hydrogen (secondary N) is 2. The molecule has 0 saturated heterocycles. The number of hydrogen-bond donors (Lipinski definition) is 3. The van der Waals surface area contributed by atoms with E-state index in [9.17, 15) is 17.9 Å². The number of sulfonamides is 1. The lowest BCUT2D eigenvalue weighted by Crippen LogP contribution is -2.26. The molecule has 136 valence electrons. The molecule has 0 saturated carbocycles. The van der Waals surface area contributed by atoms with Crippen molar-refractivity contribution in [1.29, 1.82) is 5.26 Å². The second kappa shape index (κ2) is 6.12. The Bertz CT molecular complexity index is 1120. The topological polar surface area (TPSA) is 124 Å². The van der Waals surface area contributed by atoms with Crippen LogP contribution in [-0.2, 0) is 16.6 Å².